The number of carbonyl (C=O) groups is 5. The summed E-state index contributed by atoms with van der Waals surface area (Å²) in [5, 5.41) is 33.2. The van der Waals surface area contributed by atoms with Crippen LogP contribution in [0.3, 0.4) is 0 Å². The summed E-state index contributed by atoms with van der Waals surface area (Å²) in [5.74, 6) is -7.98. The third kappa shape index (κ3) is 15.9. The maximum atomic E-state index is 14.1. The minimum atomic E-state index is -2.90. The molecule has 3 aliphatic rings. The second kappa shape index (κ2) is 25.0. The lowest BCUT2D eigenvalue weighted by atomic mass is 9.79. The van der Waals surface area contributed by atoms with Crippen LogP contribution >= 0.6 is 0 Å². The van der Waals surface area contributed by atoms with Crippen LogP contribution in [-0.2, 0) is 33.4 Å². The van der Waals surface area contributed by atoms with Crippen LogP contribution in [0.25, 0.3) is 0 Å². The Morgan fingerprint density at radius 2 is 1.57 bits per heavy atom. The minimum Gasteiger partial charge on any atom is -0.460 e. The molecular formula is C49H77NO10. The van der Waals surface area contributed by atoms with Crippen molar-refractivity contribution in [2.75, 3.05) is 13.7 Å². The van der Waals surface area contributed by atoms with Gasteiger partial charge in [-0.2, -0.15) is 0 Å². The van der Waals surface area contributed by atoms with Gasteiger partial charge in [0.05, 0.1) is 12.2 Å². The monoisotopic (exact) mass is 840 g/mol. The van der Waals surface area contributed by atoms with E-state index >= 15 is 0 Å². The molecule has 1 saturated heterocycles. The minimum absolute atomic E-state index is 0.0479. The van der Waals surface area contributed by atoms with E-state index in [1.54, 1.807) is 34.0 Å². The van der Waals surface area contributed by atoms with Crippen LogP contribution in [0.5, 0.6) is 0 Å². The lowest BCUT2D eigenvalue weighted by molar-refractivity contribution is -0.205. The molecule has 0 spiro atoms. The van der Waals surface area contributed by atoms with Crippen LogP contribution in [0.4, 0.5) is 0 Å². The first-order valence-corrected chi connectivity index (χ1v) is 22.8. The molecule has 2 aliphatic heterocycles. The van der Waals surface area contributed by atoms with Crippen LogP contribution in [0.1, 0.15) is 151 Å². The van der Waals surface area contributed by atoms with E-state index in [1.165, 1.54) is 5.57 Å². The molecule has 11 heteroatoms. The van der Waals surface area contributed by atoms with Gasteiger partial charge >= 0.3 is 5.97 Å². The highest BCUT2D eigenvalue weighted by molar-refractivity contribution is 6.39. The summed E-state index contributed by atoms with van der Waals surface area (Å²) < 4.78 is 11.9. The zero-order chi connectivity index (χ0) is 44.6. The molecule has 0 radical (unpaired) electrons. The highest BCUT2D eigenvalue weighted by Crippen LogP contribution is 2.34. The van der Waals surface area contributed by atoms with E-state index in [1.807, 2.05) is 38.2 Å². The van der Waals surface area contributed by atoms with Gasteiger partial charge in [-0.05, 0) is 101 Å². The van der Waals surface area contributed by atoms with Crippen molar-refractivity contribution in [2.24, 2.45) is 35.5 Å². The number of piperidine rings is 1. The Morgan fingerprint density at radius 1 is 0.850 bits per heavy atom. The molecule has 3 rings (SSSR count). The lowest BCUT2D eigenvalue weighted by Crippen LogP contribution is -2.57. The largest absolute Gasteiger partial charge is 0.460 e. The molecule has 3 N–H and O–H groups in total. The van der Waals surface area contributed by atoms with Gasteiger partial charge in [-0.1, -0.05) is 102 Å². The average molecular weight is 840 g/mol. The van der Waals surface area contributed by atoms with Gasteiger partial charge in [0.2, 0.25) is 5.79 Å². The number of hydrogen-bond acceptors (Lipinski definition) is 10. The Morgan fingerprint density at radius 3 is 2.28 bits per heavy atom. The lowest BCUT2D eigenvalue weighted by Gasteiger charge is -2.37. The van der Waals surface area contributed by atoms with E-state index in [0.29, 0.717) is 50.0 Å². The van der Waals surface area contributed by atoms with Gasteiger partial charge in [0.1, 0.15) is 23.7 Å². The van der Waals surface area contributed by atoms with Gasteiger partial charge in [0.15, 0.2) is 0 Å². The molecule has 1 aliphatic carbocycles. The van der Waals surface area contributed by atoms with Gasteiger partial charge in [0.25, 0.3) is 11.7 Å². The molecule has 2 heterocycles. The van der Waals surface area contributed by atoms with E-state index in [9.17, 15) is 39.3 Å². The summed E-state index contributed by atoms with van der Waals surface area (Å²) in [5.41, 5.74) is 1.71. The SMILES string of the molecule is CO[C@H]1CCC[C@@H](CC(C)[C@@H]2CC(=O)[C@H](C)/C=C(\C)[C@@H](O)CC(=O)[C@H](C)C[C@H](C)/C=C/C=C/C=C(\C)CCCCC[C@@H](C)C(O)(O)C(=O)C(=O)N3CCCC[C@H]3C(=O)O2)C1. The van der Waals surface area contributed by atoms with Crippen molar-refractivity contribution in [1.82, 2.24) is 4.90 Å². The number of cyclic esters (lactones) is 1. The highest BCUT2D eigenvalue weighted by atomic mass is 16.5. The molecular weight excluding hydrogens is 763 g/mol. The fraction of sp³-hybridized carbons (Fsp3) is 0.735. The van der Waals surface area contributed by atoms with E-state index in [4.69, 9.17) is 9.47 Å². The summed E-state index contributed by atoms with van der Waals surface area (Å²) in [6, 6.07) is -1.12. The van der Waals surface area contributed by atoms with Crippen molar-refractivity contribution in [3.8, 4) is 0 Å². The van der Waals surface area contributed by atoms with Crippen LogP contribution in [0, 0.1) is 35.5 Å². The Labute approximate surface area is 360 Å². The van der Waals surface area contributed by atoms with Gasteiger partial charge in [-0.25, -0.2) is 4.79 Å². The molecule has 1 amide bonds. The number of allylic oxidation sites excluding steroid dienone is 7. The molecule has 0 aromatic rings. The maximum absolute atomic E-state index is 14.1. The number of aliphatic hydroxyl groups is 3. The quantitative estimate of drug-likeness (QED) is 0.109. The van der Waals surface area contributed by atoms with Gasteiger partial charge in [-0.3, -0.25) is 19.2 Å². The van der Waals surface area contributed by atoms with Crippen LogP contribution < -0.4 is 0 Å². The summed E-state index contributed by atoms with van der Waals surface area (Å²) in [7, 11) is 1.71. The number of esters is 1. The van der Waals surface area contributed by atoms with Crippen molar-refractivity contribution in [2.45, 2.75) is 181 Å². The third-order valence-corrected chi connectivity index (χ3v) is 13.3. The number of carbonyl (C=O) groups excluding carboxylic acids is 5. The molecule has 10 atom stereocenters. The predicted octanol–water partition coefficient (Wildman–Crippen LogP) is 7.94. The molecule has 0 bridgehead atoms. The molecule has 60 heavy (non-hydrogen) atoms. The highest BCUT2D eigenvalue weighted by Gasteiger charge is 2.47. The van der Waals surface area contributed by atoms with Crippen molar-refractivity contribution in [3.05, 3.63) is 47.6 Å². The molecule has 1 saturated carbocycles. The number of fused-ring (bicyclic) bond motifs is 1. The van der Waals surface area contributed by atoms with Gasteiger partial charge < -0.3 is 29.7 Å². The number of amides is 1. The normalized spacial score (nSPS) is 35.7. The molecule has 0 aromatic carbocycles. The fourth-order valence-corrected chi connectivity index (χ4v) is 9.02. The van der Waals surface area contributed by atoms with E-state index in [0.717, 1.165) is 49.8 Å². The summed E-state index contributed by atoms with van der Waals surface area (Å²) in [4.78, 5) is 69.6. The smallest absolute Gasteiger partial charge is 0.329 e. The number of ether oxygens (including phenoxy) is 2. The number of ketones is 3. The van der Waals surface area contributed by atoms with Crippen molar-refractivity contribution >= 4 is 29.2 Å². The van der Waals surface area contributed by atoms with E-state index in [2.05, 4.69) is 19.9 Å². The van der Waals surface area contributed by atoms with Crippen molar-refractivity contribution < 1.29 is 48.8 Å². The number of nitrogens with zero attached hydrogens (tertiary/aromatic N) is 1. The number of methoxy groups -OCH3 is 1. The number of Topliss-reactive ketones (excluding diaryl/α,β-unsaturated/α-hetero) is 3. The second-order valence-electron chi connectivity index (χ2n) is 18.6. The first kappa shape index (κ1) is 51.1. The summed E-state index contributed by atoms with van der Waals surface area (Å²) in [6.07, 6.45) is 19.8. The zero-order valence-electron chi connectivity index (χ0n) is 37.9. The predicted molar refractivity (Wildman–Crippen MR) is 233 cm³/mol. The molecule has 1 unspecified atom stereocenters. The maximum Gasteiger partial charge on any atom is 0.329 e. The molecule has 11 nitrogen and oxygen atoms in total. The summed E-state index contributed by atoms with van der Waals surface area (Å²) >= 11 is 0. The van der Waals surface area contributed by atoms with E-state index < -0.39 is 53.5 Å². The van der Waals surface area contributed by atoms with Crippen LogP contribution in [0.2, 0.25) is 0 Å². The molecule has 2 fully saturated rings. The van der Waals surface area contributed by atoms with Gasteiger partial charge in [-0.15, -0.1) is 0 Å². The van der Waals surface area contributed by atoms with Crippen LogP contribution in [-0.4, -0.2) is 93.2 Å². The van der Waals surface area contributed by atoms with Crippen molar-refractivity contribution in [1.29, 1.82) is 0 Å². The number of rotatable bonds is 4. The molecule has 0 aromatic heterocycles. The van der Waals surface area contributed by atoms with Gasteiger partial charge in [0, 0.05) is 44.2 Å². The Bertz CT molecular complexity index is 1560. The Hall–Kier alpha value is -3.25. The third-order valence-electron chi connectivity index (χ3n) is 13.3. The summed E-state index contributed by atoms with van der Waals surface area (Å²) in [6.45, 7) is 13.0. The first-order valence-electron chi connectivity index (χ1n) is 22.8. The Kier molecular flexibility index (Phi) is 21.3. The fourth-order valence-electron chi connectivity index (χ4n) is 9.02. The second-order valence-corrected chi connectivity index (χ2v) is 18.6. The average Bonchev–Trinajstić information content (AvgIpc) is 3.21. The first-order chi connectivity index (χ1) is 28.3. The number of aliphatic hydroxyl groups excluding tert-OH is 1. The Balaban J connectivity index is 1.90. The zero-order valence-corrected chi connectivity index (χ0v) is 37.9. The topological polar surface area (TPSA) is 168 Å². The van der Waals surface area contributed by atoms with Crippen molar-refractivity contribution in [3.63, 3.8) is 0 Å². The number of hydrogen-bond donors (Lipinski definition) is 3. The molecule has 338 valence electrons. The van der Waals surface area contributed by atoms with Crippen LogP contribution in [0.15, 0.2) is 47.6 Å². The standard InChI is InChI=1S/C49H77NO10/c1-32-18-11-9-13-20-33(2)26-34(3)42(51)30-43(52)35(4)27-36(5)44(53)31-45(37(6)28-39-22-17-23-40(29-39)59-8)60-48(56)41-24-15-16-25-50(41)47(55)46(54)49(57,58)38(7)21-14-10-12-19-32/h9,11,13,18,20,27,33-34,36-41,43,45,52,57-58H,10,12,14-17,19,21-26,28-31H2,1-8H3/b11-9+,20-13+,32-18+,35-27+/t33-,34-,36-,37?,38-,39+,40+,41+,43+,45+/m1/s1. The van der Waals surface area contributed by atoms with E-state index in [-0.39, 0.29) is 61.2 Å².